The van der Waals surface area contributed by atoms with Gasteiger partial charge in [-0.25, -0.2) is 18.2 Å². The summed E-state index contributed by atoms with van der Waals surface area (Å²) in [4.78, 5) is 12.7. The van der Waals surface area contributed by atoms with Crippen LogP contribution in [-0.4, -0.2) is 31.4 Å². The van der Waals surface area contributed by atoms with Gasteiger partial charge in [0.1, 0.15) is 5.82 Å². The first-order chi connectivity index (χ1) is 17.3. The second-order valence-corrected chi connectivity index (χ2v) is 10.5. The van der Waals surface area contributed by atoms with Gasteiger partial charge in [0.2, 0.25) is 10.0 Å². The number of carbonyl (C=O) groups is 1. The number of hydrogen-bond acceptors (Lipinski definition) is 4. The first-order valence-electron chi connectivity index (χ1n) is 11.0. The van der Waals surface area contributed by atoms with Gasteiger partial charge in [-0.15, -0.1) is 0 Å². The summed E-state index contributed by atoms with van der Waals surface area (Å²) in [7, 11) is -4.16. The van der Waals surface area contributed by atoms with Gasteiger partial charge >= 0.3 is 0 Å². The molecule has 0 unspecified atom stereocenters. The van der Waals surface area contributed by atoms with Crippen molar-refractivity contribution in [3.05, 3.63) is 112 Å². The molecule has 1 N–H and O–H groups in total. The number of carbonyl (C=O) groups excluding carboxylic acids is 1. The van der Waals surface area contributed by atoms with Crippen molar-refractivity contribution in [2.24, 2.45) is 5.10 Å². The van der Waals surface area contributed by atoms with E-state index >= 15 is 0 Å². The minimum atomic E-state index is -4.16. The lowest BCUT2D eigenvalue weighted by Crippen LogP contribution is -2.39. The van der Waals surface area contributed by atoms with E-state index < -0.39 is 34.8 Å². The molecule has 0 heterocycles. The molecule has 4 aromatic rings. The average molecular weight is 524 g/mol. The van der Waals surface area contributed by atoms with Crippen molar-refractivity contribution in [3.63, 3.8) is 0 Å². The SMILES string of the molecule is Cc1ccc(S(=O)(=O)N(CC(=O)N/N=C\c2cccc3ccccc23)Cc2c(F)cccc2Cl)cc1. The summed E-state index contributed by atoms with van der Waals surface area (Å²) in [6, 6.07) is 23.7. The van der Waals surface area contributed by atoms with Gasteiger partial charge in [0.05, 0.1) is 17.7 Å². The third-order valence-corrected chi connectivity index (χ3v) is 7.75. The molecule has 0 bridgehead atoms. The van der Waals surface area contributed by atoms with Crippen LogP contribution in [0, 0.1) is 12.7 Å². The Morgan fingerprint density at radius 1 is 1.00 bits per heavy atom. The van der Waals surface area contributed by atoms with Crippen molar-refractivity contribution in [3.8, 4) is 0 Å². The number of halogens is 2. The van der Waals surface area contributed by atoms with Crippen LogP contribution in [0.5, 0.6) is 0 Å². The van der Waals surface area contributed by atoms with E-state index in [0.717, 1.165) is 26.2 Å². The molecule has 0 saturated carbocycles. The lowest BCUT2D eigenvalue weighted by molar-refractivity contribution is -0.121. The summed E-state index contributed by atoms with van der Waals surface area (Å²) in [5, 5.41) is 6.04. The number of benzene rings is 4. The predicted molar refractivity (Wildman–Crippen MR) is 140 cm³/mol. The second-order valence-electron chi connectivity index (χ2n) is 8.15. The second kappa shape index (κ2) is 11.0. The van der Waals surface area contributed by atoms with E-state index in [1.165, 1.54) is 36.5 Å². The predicted octanol–water partition coefficient (Wildman–Crippen LogP) is 5.28. The monoisotopic (exact) mass is 523 g/mol. The molecule has 9 heteroatoms. The fourth-order valence-corrected chi connectivity index (χ4v) is 5.26. The number of rotatable bonds is 8. The molecule has 4 aromatic carbocycles. The summed E-state index contributed by atoms with van der Waals surface area (Å²) in [6.45, 7) is 0.810. The molecule has 184 valence electrons. The third-order valence-electron chi connectivity index (χ3n) is 5.59. The molecular formula is C27H23ClFN3O3S. The van der Waals surface area contributed by atoms with Crippen LogP contribution in [0.3, 0.4) is 0 Å². The molecule has 6 nitrogen and oxygen atoms in total. The molecule has 0 aliphatic rings. The van der Waals surface area contributed by atoms with Gasteiger partial charge in [-0.2, -0.15) is 9.41 Å². The van der Waals surface area contributed by atoms with Crippen LogP contribution in [-0.2, 0) is 21.4 Å². The van der Waals surface area contributed by atoms with Gasteiger partial charge < -0.3 is 0 Å². The van der Waals surface area contributed by atoms with E-state index in [-0.39, 0.29) is 15.5 Å². The molecule has 0 atom stereocenters. The van der Waals surface area contributed by atoms with Gasteiger partial charge in [0, 0.05) is 22.7 Å². The summed E-state index contributed by atoms with van der Waals surface area (Å²) in [5.74, 6) is -1.35. The topological polar surface area (TPSA) is 78.8 Å². The highest BCUT2D eigenvalue weighted by Crippen LogP contribution is 2.25. The molecule has 0 aliphatic heterocycles. The van der Waals surface area contributed by atoms with Crippen molar-refractivity contribution >= 4 is 44.5 Å². The highest BCUT2D eigenvalue weighted by atomic mass is 35.5. The van der Waals surface area contributed by atoms with Crippen molar-refractivity contribution < 1.29 is 17.6 Å². The molecule has 0 fully saturated rings. The van der Waals surface area contributed by atoms with E-state index in [2.05, 4.69) is 10.5 Å². The molecule has 0 aromatic heterocycles. The van der Waals surface area contributed by atoms with Gasteiger partial charge in [0.25, 0.3) is 5.91 Å². The van der Waals surface area contributed by atoms with Crippen LogP contribution in [0.25, 0.3) is 10.8 Å². The first kappa shape index (κ1) is 25.5. The van der Waals surface area contributed by atoms with Crippen LogP contribution < -0.4 is 5.43 Å². The van der Waals surface area contributed by atoms with E-state index in [1.807, 2.05) is 49.4 Å². The van der Waals surface area contributed by atoms with Crippen molar-refractivity contribution in [2.75, 3.05) is 6.54 Å². The Morgan fingerprint density at radius 2 is 1.69 bits per heavy atom. The Bertz CT molecular complexity index is 1510. The van der Waals surface area contributed by atoms with E-state index in [0.29, 0.717) is 0 Å². The van der Waals surface area contributed by atoms with E-state index in [9.17, 15) is 17.6 Å². The molecular weight excluding hydrogens is 501 g/mol. The molecule has 0 spiro atoms. The molecule has 0 radical (unpaired) electrons. The molecule has 4 rings (SSSR count). The number of nitrogens with one attached hydrogen (secondary N) is 1. The van der Waals surface area contributed by atoms with Gasteiger partial charge in [0.15, 0.2) is 0 Å². The van der Waals surface area contributed by atoms with E-state index in [1.54, 1.807) is 12.1 Å². The largest absolute Gasteiger partial charge is 0.272 e. The Hall–Kier alpha value is -3.59. The lowest BCUT2D eigenvalue weighted by atomic mass is 10.1. The number of sulfonamides is 1. The molecule has 36 heavy (non-hydrogen) atoms. The van der Waals surface area contributed by atoms with Gasteiger partial charge in [-0.1, -0.05) is 77.8 Å². The van der Waals surface area contributed by atoms with Crippen LogP contribution >= 0.6 is 11.6 Å². The highest BCUT2D eigenvalue weighted by molar-refractivity contribution is 7.89. The maximum Gasteiger partial charge on any atom is 0.255 e. The van der Waals surface area contributed by atoms with E-state index in [4.69, 9.17) is 11.6 Å². The quantitative estimate of drug-likeness (QED) is 0.252. The standard InChI is InChI=1S/C27H23ClFN3O3S/c1-19-12-14-22(15-13-19)36(34,35)32(17-24-25(28)10-5-11-26(24)29)18-27(33)31-30-16-21-8-4-7-20-6-2-3-9-23(20)21/h2-16H,17-18H2,1H3,(H,31,33)/b30-16-. The highest BCUT2D eigenvalue weighted by Gasteiger charge is 2.28. The zero-order valence-corrected chi connectivity index (χ0v) is 20.9. The number of hydrogen-bond donors (Lipinski definition) is 1. The zero-order chi connectivity index (χ0) is 25.7. The third kappa shape index (κ3) is 5.79. The first-order valence-corrected chi connectivity index (χ1v) is 12.9. The molecule has 0 saturated heterocycles. The van der Waals surface area contributed by atoms with Crippen molar-refractivity contribution in [2.45, 2.75) is 18.4 Å². The van der Waals surface area contributed by atoms with Crippen LogP contribution in [0.4, 0.5) is 4.39 Å². The van der Waals surface area contributed by atoms with Crippen molar-refractivity contribution in [1.82, 2.24) is 9.73 Å². The fraction of sp³-hybridized carbons (Fsp3) is 0.111. The zero-order valence-electron chi connectivity index (χ0n) is 19.4. The summed E-state index contributed by atoms with van der Waals surface area (Å²) < 4.78 is 42.1. The van der Waals surface area contributed by atoms with Crippen LogP contribution in [0.15, 0.2) is 94.9 Å². The van der Waals surface area contributed by atoms with Crippen LogP contribution in [0.1, 0.15) is 16.7 Å². The smallest absolute Gasteiger partial charge is 0.255 e. The minimum Gasteiger partial charge on any atom is -0.272 e. The number of hydrazone groups is 1. The number of fused-ring (bicyclic) bond motifs is 1. The van der Waals surface area contributed by atoms with Gasteiger partial charge in [-0.05, 0) is 42.0 Å². The average Bonchev–Trinajstić information content (AvgIpc) is 2.86. The normalized spacial score (nSPS) is 11.9. The minimum absolute atomic E-state index is 0.0207. The van der Waals surface area contributed by atoms with Crippen molar-refractivity contribution in [1.29, 1.82) is 0 Å². The number of amides is 1. The maximum atomic E-state index is 14.5. The Morgan fingerprint density at radius 3 is 2.44 bits per heavy atom. The number of nitrogens with zero attached hydrogens (tertiary/aromatic N) is 2. The van der Waals surface area contributed by atoms with Crippen LogP contribution in [0.2, 0.25) is 5.02 Å². The molecule has 0 aliphatic carbocycles. The summed E-state index contributed by atoms with van der Waals surface area (Å²) in [6.07, 6.45) is 1.49. The Balaban J connectivity index is 1.58. The lowest BCUT2D eigenvalue weighted by Gasteiger charge is -2.22. The van der Waals surface area contributed by atoms with Gasteiger partial charge in [-0.3, -0.25) is 4.79 Å². The Labute approximate surface area is 214 Å². The maximum absolute atomic E-state index is 14.5. The fourth-order valence-electron chi connectivity index (χ4n) is 3.68. The number of aryl methyl sites for hydroxylation is 1. The molecule has 1 amide bonds. The summed E-state index contributed by atoms with van der Waals surface area (Å²) in [5.41, 5.74) is 4.01. The summed E-state index contributed by atoms with van der Waals surface area (Å²) >= 11 is 6.14. The Kier molecular flexibility index (Phi) is 7.79.